The van der Waals surface area contributed by atoms with Crippen molar-refractivity contribution in [2.75, 3.05) is 13.2 Å². The third-order valence-electron chi connectivity index (χ3n) is 2.40. The Hall–Kier alpha value is -1.21. The van der Waals surface area contributed by atoms with Gasteiger partial charge in [-0.3, -0.25) is 0 Å². The number of terminal acetylenes is 1. The van der Waals surface area contributed by atoms with E-state index >= 15 is 0 Å². The molecule has 1 saturated heterocycles. The summed E-state index contributed by atoms with van der Waals surface area (Å²) >= 11 is 0. The van der Waals surface area contributed by atoms with Crippen LogP contribution in [0.4, 0.5) is 4.79 Å². The van der Waals surface area contributed by atoms with Gasteiger partial charge in [0.05, 0.1) is 18.7 Å². The van der Waals surface area contributed by atoms with Crippen molar-refractivity contribution >= 4 is 6.03 Å². The Labute approximate surface area is 90.8 Å². The molecule has 1 rings (SSSR count). The molecular weight excluding hydrogens is 192 g/mol. The Kier molecular flexibility index (Phi) is 4.44. The molecule has 0 bridgehead atoms. The summed E-state index contributed by atoms with van der Waals surface area (Å²) in [5, 5.41) is 5.58. The molecule has 1 fully saturated rings. The van der Waals surface area contributed by atoms with Gasteiger partial charge in [0.15, 0.2) is 0 Å². The molecule has 0 aromatic carbocycles. The minimum absolute atomic E-state index is 0.121. The number of carbonyl (C=O) groups excluding carboxylic acids is 1. The SMILES string of the molecule is C#CC(NC(=O)NC1CCOC1)C(C)C. The summed E-state index contributed by atoms with van der Waals surface area (Å²) in [6.07, 6.45) is 6.18. The van der Waals surface area contributed by atoms with Gasteiger partial charge in [-0.05, 0) is 12.3 Å². The standard InChI is InChI=1S/C11H18N2O2/c1-4-10(8(2)3)13-11(14)12-9-5-6-15-7-9/h1,8-10H,5-7H2,2-3H3,(H2,12,13,14). The fourth-order valence-corrected chi connectivity index (χ4v) is 1.42. The number of nitrogens with one attached hydrogen (secondary N) is 2. The third kappa shape index (κ3) is 3.80. The van der Waals surface area contributed by atoms with Crippen molar-refractivity contribution in [2.24, 2.45) is 5.92 Å². The highest BCUT2D eigenvalue weighted by molar-refractivity contribution is 5.75. The van der Waals surface area contributed by atoms with E-state index in [1.807, 2.05) is 13.8 Å². The maximum atomic E-state index is 11.5. The Morgan fingerprint density at radius 2 is 2.33 bits per heavy atom. The van der Waals surface area contributed by atoms with Gasteiger partial charge in [-0.25, -0.2) is 4.79 Å². The van der Waals surface area contributed by atoms with Gasteiger partial charge in [-0.15, -0.1) is 6.42 Å². The van der Waals surface area contributed by atoms with Gasteiger partial charge < -0.3 is 15.4 Å². The van der Waals surface area contributed by atoms with Crippen LogP contribution in [-0.4, -0.2) is 31.3 Å². The Bertz CT molecular complexity index is 252. The van der Waals surface area contributed by atoms with Gasteiger partial charge in [0.2, 0.25) is 0 Å². The number of amides is 2. The van der Waals surface area contributed by atoms with Crippen molar-refractivity contribution in [1.29, 1.82) is 0 Å². The predicted octanol–water partition coefficient (Wildman–Crippen LogP) is 0.732. The number of urea groups is 1. The Balaban J connectivity index is 2.31. The van der Waals surface area contributed by atoms with Crippen LogP contribution in [0.1, 0.15) is 20.3 Å². The van der Waals surface area contributed by atoms with E-state index in [1.54, 1.807) is 0 Å². The summed E-state index contributed by atoms with van der Waals surface area (Å²) in [7, 11) is 0. The van der Waals surface area contributed by atoms with Crippen LogP contribution in [0.15, 0.2) is 0 Å². The van der Waals surface area contributed by atoms with Crippen LogP contribution in [0.3, 0.4) is 0 Å². The zero-order valence-electron chi connectivity index (χ0n) is 9.25. The Morgan fingerprint density at radius 1 is 1.60 bits per heavy atom. The van der Waals surface area contributed by atoms with Crippen LogP contribution in [0.2, 0.25) is 0 Å². The number of hydrogen-bond acceptors (Lipinski definition) is 2. The zero-order chi connectivity index (χ0) is 11.3. The van der Waals surface area contributed by atoms with Crippen LogP contribution >= 0.6 is 0 Å². The first-order chi connectivity index (χ1) is 7.13. The highest BCUT2D eigenvalue weighted by Crippen LogP contribution is 2.03. The lowest BCUT2D eigenvalue weighted by Crippen LogP contribution is -2.47. The second-order valence-electron chi connectivity index (χ2n) is 4.07. The van der Waals surface area contributed by atoms with Gasteiger partial charge in [0, 0.05) is 6.61 Å². The van der Waals surface area contributed by atoms with E-state index in [9.17, 15) is 4.79 Å². The van der Waals surface area contributed by atoms with E-state index in [2.05, 4.69) is 16.6 Å². The van der Waals surface area contributed by atoms with Crippen LogP contribution in [0.25, 0.3) is 0 Å². The smallest absolute Gasteiger partial charge is 0.316 e. The molecule has 2 atom stereocenters. The molecular formula is C11H18N2O2. The molecule has 4 heteroatoms. The van der Waals surface area contributed by atoms with Crippen molar-refractivity contribution in [1.82, 2.24) is 10.6 Å². The minimum atomic E-state index is -0.215. The summed E-state index contributed by atoms with van der Waals surface area (Å²) in [6.45, 7) is 5.26. The van der Waals surface area contributed by atoms with Crippen molar-refractivity contribution in [3.8, 4) is 12.3 Å². The van der Waals surface area contributed by atoms with E-state index in [0.717, 1.165) is 6.42 Å². The maximum absolute atomic E-state index is 11.5. The molecule has 2 amide bonds. The number of carbonyl (C=O) groups is 1. The van der Waals surface area contributed by atoms with E-state index in [4.69, 9.17) is 11.2 Å². The van der Waals surface area contributed by atoms with Crippen LogP contribution in [0, 0.1) is 18.3 Å². The fourth-order valence-electron chi connectivity index (χ4n) is 1.42. The minimum Gasteiger partial charge on any atom is -0.379 e. The second-order valence-corrected chi connectivity index (χ2v) is 4.07. The topological polar surface area (TPSA) is 50.4 Å². The summed E-state index contributed by atoms with van der Waals surface area (Å²) in [4.78, 5) is 11.5. The average molecular weight is 210 g/mol. The lowest BCUT2D eigenvalue weighted by Gasteiger charge is -2.18. The van der Waals surface area contributed by atoms with Gasteiger partial charge in [-0.1, -0.05) is 19.8 Å². The third-order valence-corrected chi connectivity index (χ3v) is 2.40. The molecule has 0 aliphatic carbocycles. The summed E-state index contributed by atoms with van der Waals surface area (Å²) < 4.78 is 5.15. The van der Waals surface area contributed by atoms with Gasteiger partial charge >= 0.3 is 6.03 Å². The van der Waals surface area contributed by atoms with E-state index in [-0.39, 0.29) is 24.0 Å². The molecule has 4 nitrogen and oxygen atoms in total. The first kappa shape index (κ1) is 11.9. The van der Waals surface area contributed by atoms with Crippen LogP contribution in [0.5, 0.6) is 0 Å². The second kappa shape index (κ2) is 5.62. The average Bonchev–Trinajstić information content (AvgIpc) is 2.66. The fraction of sp³-hybridized carbons (Fsp3) is 0.727. The molecule has 84 valence electrons. The molecule has 2 N–H and O–H groups in total. The van der Waals surface area contributed by atoms with E-state index < -0.39 is 0 Å². The van der Waals surface area contributed by atoms with Crippen molar-refractivity contribution < 1.29 is 9.53 Å². The molecule has 0 spiro atoms. The summed E-state index contributed by atoms with van der Waals surface area (Å²) in [5.41, 5.74) is 0. The van der Waals surface area contributed by atoms with E-state index in [1.165, 1.54) is 0 Å². The molecule has 1 heterocycles. The van der Waals surface area contributed by atoms with Gasteiger partial charge in [0.25, 0.3) is 0 Å². The molecule has 0 saturated carbocycles. The maximum Gasteiger partial charge on any atom is 0.316 e. The molecule has 1 aliphatic rings. The Morgan fingerprint density at radius 3 is 2.80 bits per heavy atom. The molecule has 0 aromatic heterocycles. The van der Waals surface area contributed by atoms with Crippen molar-refractivity contribution in [3.63, 3.8) is 0 Å². The first-order valence-electron chi connectivity index (χ1n) is 5.24. The highest BCUT2D eigenvalue weighted by atomic mass is 16.5. The zero-order valence-corrected chi connectivity index (χ0v) is 9.25. The highest BCUT2D eigenvalue weighted by Gasteiger charge is 2.19. The summed E-state index contributed by atoms with van der Waals surface area (Å²) in [6, 6.07) is -0.301. The summed E-state index contributed by atoms with van der Waals surface area (Å²) in [5.74, 6) is 2.79. The molecule has 1 aliphatic heterocycles. The molecule has 0 radical (unpaired) electrons. The normalized spacial score (nSPS) is 22.1. The first-order valence-corrected chi connectivity index (χ1v) is 5.24. The lowest BCUT2D eigenvalue weighted by atomic mass is 10.1. The monoisotopic (exact) mass is 210 g/mol. The largest absolute Gasteiger partial charge is 0.379 e. The molecule has 15 heavy (non-hydrogen) atoms. The number of rotatable bonds is 3. The number of hydrogen-bond donors (Lipinski definition) is 2. The van der Waals surface area contributed by atoms with E-state index in [0.29, 0.717) is 13.2 Å². The van der Waals surface area contributed by atoms with Crippen LogP contribution < -0.4 is 10.6 Å². The van der Waals surface area contributed by atoms with Crippen molar-refractivity contribution in [3.05, 3.63) is 0 Å². The quantitative estimate of drug-likeness (QED) is 0.675. The lowest BCUT2D eigenvalue weighted by molar-refractivity contribution is 0.188. The van der Waals surface area contributed by atoms with Crippen LogP contribution in [-0.2, 0) is 4.74 Å². The van der Waals surface area contributed by atoms with Gasteiger partial charge in [0.1, 0.15) is 0 Å². The molecule has 0 aromatic rings. The predicted molar refractivity (Wildman–Crippen MR) is 58.4 cm³/mol. The number of ether oxygens (including phenoxy) is 1. The van der Waals surface area contributed by atoms with Gasteiger partial charge in [-0.2, -0.15) is 0 Å². The van der Waals surface area contributed by atoms with Crippen molar-refractivity contribution in [2.45, 2.75) is 32.4 Å². The molecule has 2 unspecified atom stereocenters.